The largest absolute Gasteiger partial charge is 0.352 e. The van der Waals surface area contributed by atoms with Crippen molar-refractivity contribution in [2.24, 2.45) is 0 Å². The molecule has 1 aliphatic rings. The SMILES string of the molecule is O=C(c1ccc(F)cc1F)N1CCN(c2ncnc3cc(Cl)ccc23)CC1. The van der Waals surface area contributed by atoms with Gasteiger partial charge in [-0.1, -0.05) is 11.6 Å². The number of anilines is 1. The highest BCUT2D eigenvalue weighted by molar-refractivity contribution is 6.31. The second-order valence-corrected chi connectivity index (χ2v) is 6.70. The molecule has 1 aromatic heterocycles. The van der Waals surface area contributed by atoms with Gasteiger partial charge in [0.15, 0.2) is 0 Å². The van der Waals surface area contributed by atoms with Crippen LogP contribution in [0.4, 0.5) is 14.6 Å². The maximum Gasteiger partial charge on any atom is 0.256 e. The smallest absolute Gasteiger partial charge is 0.256 e. The number of halogens is 3. The summed E-state index contributed by atoms with van der Waals surface area (Å²) in [4.78, 5) is 24.8. The van der Waals surface area contributed by atoms with Crippen molar-refractivity contribution in [3.8, 4) is 0 Å². The molecule has 4 rings (SSSR count). The molecule has 0 unspecified atom stereocenters. The predicted molar refractivity (Wildman–Crippen MR) is 99.0 cm³/mol. The van der Waals surface area contributed by atoms with Crippen molar-refractivity contribution in [3.63, 3.8) is 0 Å². The number of hydrogen-bond donors (Lipinski definition) is 0. The summed E-state index contributed by atoms with van der Waals surface area (Å²) in [5, 5.41) is 1.48. The predicted octanol–water partition coefficient (Wildman–Crippen LogP) is 3.52. The molecule has 1 amide bonds. The van der Waals surface area contributed by atoms with E-state index in [0.29, 0.717) is 31.2 Å². The van der Waals surface area contributed by atoms with Gasteiger partial charge in [0.05, 0.1) is 11.1 Å². The Hall–Kier alpha value is -2.80. The number of rotatable bonds is 2. The lowest BCUT2D eigenvalue weighted by molar-refractivity contribution is 0.0742. The second-order valence-electron chi connectivity index (χ2n) is 6.26. The molecular weight excluding hydrogens is 374 g/mol. The first-order valence-corrected chi connectivity index (χ1v) is 8.80. The highest BCUT2D eigenvalue weighted by Gasteiger charge is 2.25. The normalized spacial score (nSPS) is 14.6. The summed E-state index contributed by atoms with van der Waals surface area (Å²) in [6, 6.07) is 8.43. The highest BCUT2D eigenvalue weighted by Crippen LogP contribution is 2.26. The van der Waals surface area contributed by atoms with E-state index in [4.69, 9.17) is 11.6 Å². The number of fused-ring (bicyclic) bond motifs is 1. The van der Waals surface area contributed by atoms with Crippen LogP contribution in [-0.4, -0.2) is 47.0 Å². The van der Waals surface area contributed by atoms with Crippen molar-refractivity contribution in [1.82, 2.24) is 14.9 Å². The minimum atomic E-state index is -0.846. The van der Waals surface area contributed by atoms with E-state index >= 15 is 0 Å². The average Bonchev–Trinajstić information content (AvgIpc) is 2.67. The summed E-state index contributed by atoms with van der Waals surface area (Å²) in [6.07, 6.45) is 1.49. The Balaban J connectivity index is 1.52. The summed E-state index contributed by atoms with van der Waals surface area (Å²) < 4.78 is 26.9. The monoisotopic (exact) mass is 388 g/mol. The number of nitrogens with zero attached hydrogens (tertiary/aromatic N) is 4. The summed E-state index contributed by atoms with van der Waals surface area (Å²) in [5.74, 6) is -1.21. The Bertz CT molecular complexity index is 1020. The van der Waals surface area contributed by atoms with Gasteiger partial charge in [-0.15, -0.1) is 0 Å². The lowest BCUT2D eigenvalue weighted by Crippen LogP contribution is -2.49. The van der Waals surface area contributed by atoms with Crippen LogP contribution in [0.25, 0.3) is 10.9 Å². The van der Waals surface area contributed by atoms with Crippen LogP contribution < -0.4 is 4.90 Å². The topological polar surface area (TPSA) is 49.3 Å². The van der Waals surface area contributed by atoms with Crippen LogP contribution in [0.15, 0.2) is 42.7 Å². The first kappa shape index (κ1) is 17.6. The van der Waals surface area contributed by atoms with Gasteiger partial charge in [-0.25, -0.2) is 18.7 Å². The lowest BCUT2D eigenvalue weighted by atomic mass is 10.1. The van der Waals surface area contributed by atoms with Crippen molar-refractivity contribution in [2.75, 3.05) is 31.1 Å². The van der Waals surface area contributed by atoms with Gasteiger partial charge in [-0.3, -0.25) is 4.79 Å². The van der Waals surface area contributed by atoms with Crippen LogP contribution in [0.2, 0.25) is 5.02 Å². The molecule has 1 aliphatic heterocycles. The Morgan fingerprint density at radius 2 is 1.78 bits per heavy atom. The van der Waals surface area contributed by atoms with Crippen molar-refractivity contribution >= 4 is 34.2 Å². The highest BCUT2D eigenvalue weighted by atomic mass is 35.5. The standard InChI is InChI=1S/C19H15ClF2N4O/c20-12-1-3-15-17(9-12)23-11-24-18(15)25-5-7-26(8-6-25)19(27)14-4-2-13(21)10-16(14)22/h1-4,9-11H,5-8H2. The fourth-order valence-corrected chi connectivity index (χ4v) is 3.39. The third kappa shape index (κ3) is 3.42. The second kappa shape index (κ2) is 7.08. The van der Waals surface area contributed by atoms with Crippen LogP contribution >= 0.6 is 11.6 Å². The summed E-state index contributed by atoms with van der Waals surface area (Å²) in [5.41, 5.74) is 0.631. The zero-order valence-corrected chi connectivity index (χ0v) is 15.0. The van der Waals surface area contributed by atoms with E-state index in [1.807, 2.05) is 6.07 Å². The molecule has 8 heteroatoms. The quantitative estimate of drug-likeness (QED) is 0.674. The van der Waals surface area contributed by atoms with E-state index in [1.54, 1.807) is 17.0 Å². The van der Waals surface area contributed by atoms with Gasteiger partial charge >= 0.3 is 0 Å². The fourth-order valence-electron chi connectivity index (χ4n) is 3.22. The van der Waals surface area contributed by atoms with Crippen molar-refractivity contribution in [2.45, 2.75) is 0 Å². The molecule has 0 aliphatic carbocycles. The van der Waals surface area contributed by atoms with Gasteiger partial charge in [0, 0.05) is 42.7 Å². The van der Waals surface area contributed by atoms with Crippen LogP contribution in [0, 0.1) is 11.6 Å². The zero-order chi connectivity index (χ0) is 19.0. The zero-order valence-electron chi connectivity index (χ0n) is 14.2. The van der Waals surface area contributed by atoms with Crippen molar-refractivity contribution in [3.05, 3.63) is 64.9 Å². The molecule has 2 aromatic carbocycles. The number of amides is 1. The van der Waals surface area contributed by atoms with Crippen molar-refractivity contribution < 1.29 is 13.6 Å². The van der Waals surface area contributed by atoms with Gasteiger partial charge in [-0.2, -0.15) is 0 Å². The molecule has 138 valence electrons. The fraction of sp³-hybridized carbons (Fsp3) is 0.211. The van der Waals surface area contributed by atoms with Gasteiger partial charge < -0.3 is 9.80 Å². The van der Waals surface area contributed by atoms with Crippen LogP contribution in [0.3, 0.4) is 0 Å². The Kier molecular flexibility index (Phi) is 4.61. The minimum Gasteiger partial charge on any atom is -0.352 e. The van der Waals surface area contributed by atoms with E-state index in [9.17, 15) is 13.6 Å². The van der Waals surface area contributed by atoms with E-state index in [0.717, 1.165) is 28.9 Å². The first-order chi connectivity index (χ1) is 13.0. The molecule has 0 spiro atoms. The van der Waals surface area contributed by atoms with Gasteiger partial charge in [0.1, 0.15) is 23.8 Å². The summed E-state index contributed by atoms with van der Waals surface area (Å²) in [6.45, 7) is 1.91. The number of benzene rings is 2. The van der Waals surface area contributed by atoms with Gasteiger partial charge in [0.2, 0.25) is 0 Å². The van der Waals surface area contributed by atoms with E-state index in [2.05, 4.69) is 14.9 Å². The minimum absolute atomic E-state index is 0.119. The summed E-state index contributed by atoms with van der Waals surface area (Å²) in [7, 11) is 0. The van der Waals surface area contributed by atoms with E-state index in [1.165, 1.54) is 12.4 Å². The maximum atomic E-state index is 13.9. The number of piperazine rings is 1. The number of carbonyl (C=O) groups is 1. The number of carbonyl (C=O) groups excluding carboxylic acids is 1. The molecule has 0 bridgehead atoms. The molecule has 0 saturated carbocycles. The first-order valence-electron chi connectivity index (χ1n) is 8.42. The molecular formula is C19H15ClF2N4O. The molecule has 0 atom stereocenters. The van der Waals surface area contributed by atoms with Crippen LogP contribution in [0.1, 0.15) is 10.4 Å². The Morgan fingerprint density at radius 1 is 1.00 bits per heavy atom. The molecule has 1 saturated heterocycles. The molecule has 5 nitrogen and oxygen atoms in total. The maximum absolute atomic E-state index is 13.9. The Labute approximate surface area is 159 Å². The van der Waals surface area contributed by atoms with Gasteiger partial charge in [0.25, 0.3) is 5.91 Å². The third-order valence-electron chi connectivity index (χ3n) is 4.61. The Morgan fingerprint density at radius 3 is 2.52 bits per heavy atom. The molecule has 0 radical (unpaired) electrons. The molecule has 0 N–H and O–H groups in total. The van der Waals surface area contributed by atoms with Crippen molar-refractivity contribution in [1.29, 1.82) is 0 Å². The number of hydrogen-bond acceptors (Lipinski definition) is 4. The van der Waals surface area contributed by atoms with Crippen LogP contribution in [0.5, 0.6) is 0 Å². The average molecular weight is 389 g/mol. The molecule has 1 fully saturated rings. The third-order valence-corrected chi connectivity index (χ3v) is 4.84. The molecule has 2 heterocycles. The van der Waals surface area contributed by atoms with Crippen LogP contribution in [-0.2, 0) is 0 Å². The number of aromatic nitrogens is 2. The molecule has 27 heavy (non-hydrogen) atoms. The van der Waals surface area contributed by atoms with Gasteiger partial charge in [-0.05, 0) is 30.3 Å². The summed E-state index contributed by atoms with van der Waals surface area (Å²) >= 11 is 6.02. The molecule has 3 aromatic rings. The lowest BCUT2D eigenvalue weighted by Gasteiger charge is -2.35. The van der Waals surface area contributed by atoms with E-state index < -0.39 is 17.5 Å². The van der Waals surface area contributed by atoms with E-state index in [-0.39, 0.29) is 5.56 Å².